The van der Waals surface area contributed by atoms with E-state index < -0.39 is 5.97 Å². The zero-order valence-corrected chi connectivity index (χ0v) is 19.0. The Morgan fingerprint density at radius 1 is 1.16 bits per heavy atom. The minimum Gasteiger partial charge on any atom is -0.481 e. The van der Waals surface area contributed by atoms with Crippen LogP contribution < -0.4 is 5.32 Å². The maximum absolute atomic E-state index is 11.4. The monoisotopic (exact) mass is 474 g/mol. The highest BCUT2D eigenvalue weighted by molar-refractivity contribution is 6.34. The summed E-state index contributed by atoms with van der Waals surface area (Å²) in [7, 11) is 0. The summed E-state index contributed by atoms with van der Waals surface area (Å²) in [5.41, 5.74) is 3.05. The number of carbonyl (C=O) groups is 1. The summed E-state index contributed by atoms with van der Waals surface area (Å²) in [6.45, 7) is 0.972. The number of halogens is 2. The van der Waals surface area contributed by atoms with Gasteiger partial charge in [-0.2, -0.15) is 4.98 Å². The Morgan fingerprint density at radius 2 is 1.97 bits per heavy atom. The Bertz CT molecular complexity index is 1080. The van der Waals surface area contributed by atoms with Gasteiger partial charge in [-0.3, -0.25) is 4.79 Å². The van der Waals surface area contributed by atoms with E-state index in [2.05, 4.69) is 27.6 Å². The topological polar surface area (TPSA) is 101 Å². The van der Waals surface area contributed by atoms with Crippen molar-refractivity contribution in [2.45, 2.75) is 50.9 Å². The van der Waals surface area contributed by atoms with Crippen LogP contribution in [0, 0.1) is 0 Å². The van der Waals surface area contributed by atoms with Crippen LogP contribution in [0.5, 0.6) is 0 Å². The Kier molecular flexibility index (Phi) is 7.27. The third kappa shape index (κ3) is 5.99. The van der Waals surface area contributed by atoms with Crippen molar-refractivity contribution in [2.24, 2.45) is 0 Å². The van der Waals surface area contributed by atoms with Crippen molar-refractivity contribution in [3.05, 3.63) is 68.9 Å². The maximum atomic E-state index is 11.4. The number of carboxylic acids is 1. The number of benzene rings is 1. The summed E-state index contributed by atoms with van der Waals surface area (Å²) < 4.78 is 5.39. The molecule has 1 atom stereocenters. The Hall–Kier alpha value is -2.64. The first-order valence-corrected chi connectivity index (χ1v) is 11.4. The molecule has 32 heavy (non-hydrogen) atoms. The van der Waals surface area contributed by atoms with E-state index >= 15 is 0 Å². The minimum absolute atomic E-state index is 0.0909. The number of nitrogens with zero attached hydrogens (tertiary/aromatic N) is 3. The Balaban J connectivity index is 1.36. The van der Waals surface area contributed by atoms with Crippen LogP contribution in [0.2, 0.25) is 10.0 Å². The summed E-state index contributed by atoms with van der Waals surface area (Å²) in [5.74, 6) is 0.719. The second kappa shape index (κ2) is 10.3. The van der Waals surface area contributed by atoms with Gasteiger partial charge >= 0.3 is 5.97 Å². The number of fused-ring (bicyclic) bond motifs is 1. The number of hydrogen-bond acceptors (Lipinski definition) is 6. The van der Waals surface area contributed by atoms with E-state index in [-0.39, 0.29) is 12.3 Å². The van der Waals surface area contributed by atoms with Crippen LogP contribution in [0.1, 0.15) is 53.7 Å². The smallest absolute Gasteiger partial charge is 0.303 e. The molecular weight excluding hydrogens is 451 g/mol. The van der Waals surface area contributed by atoms with Gasteiger partial charge in [0.15, 0.2) is 5.82 Å². The fourth-order valence-corrected chi connectivity index (χ4v) is 4.49. The fourth-order valence-electron chi connectivity index (χ4n) is 3.95. The number of nitrogens with one attached hydrogen (secondary N) is 1. The molecule has 0 saturated carbocycles. The van der Waals surface area contributed by atoms with Crippen molar-refractivity contribution in [1.82, 2.24) is 15.1 Å². The first-order valence-electron chi connectivity index (χ1n) is 10.7. The van der Waals surface area contributed by atoms with Crippen molar-refractivity contribution < 1.29 is 14.4 Å². The molecule has 3 heterocycles. The molecule has 0 saturated heterocycles. The van der Waals surface area contributed by atoms with E-state index in [1.54, 1.807) is 18.2 Å². The molecule has 1 aliphatic heterocycles. The van der Waals surface area contributed by atoms with Gasteiger partial charge in [0.1, 0.15) is 5.82 Å². The second-order valence-corrected chi connectivity index (χ2v) is 8.87. The largest absolute Gasteiger partial charge is 0.481 e. The van der Waals surface area contributed by atoms with E-state index in [0.717, 1.165) is 49.3 Å². The predicted molar refractivity (Wildman–Crippen MR) is 123 cm³/mol. The highest BCUT2D eigenvalue weighted by atomic mass is 35.5. The molecule has 0 spiro atoms. The van der Waals surface area contributed by atoms with Crippen LogP contribution in [-0.2, 0) is 30.5 Å². The van der Waals surface area contributed by atoms with Gasteiger partial charge in [0.2, 0.25) is 5.89 Å². The van der Waals surface area contributed by atoms with Crippen molar-refractivity contribution in [2.75, 3.05) is 11.9 Å². The van der Waals surface area contributed by atoms with E-state index in [4.69, 9.17) is 32.7 Å². The van der Waals surface area contributed by atoms with Crippen LogP contribution in [0.15, 0.2) is 34.9 Å². The highest BCUT2D eigenvalue weighted by Gasteiger charge is 2.21. The lowest BCUT2D eigenvalue weighted by molar-refractivity contribution is -0.137. The van der Waals surface area contributed by atoms with E-state index in [1.165, 1.54) is 5.56 Å². The van der Waals surface area contributed by atoms with Crippen LogP contribution in [-0.4, -0.2) is 32.7 Å². The molecule has 0 fully saturated rings. The molecule has 168 valence electrons. The Labute approximate surface area is 196 Å². The number of carboxylic acid groups (broad SMARTS) is 1. The molecule has 3 aromatic rings. The molecule has 1 aliphatic rings. The summed E-state index contributed by atoms with van der Waals surface area (Å²) in [6, 6.07) is 9.29. The van der Waals surface area contributed by atoms with Gasteiger partial charge in [-0.25, -0.2) is 4.98 Å². The summed E-state index contributed by atoms with van der Waals surface area (Å²) >= 11 is 12.2. The van der Waals surface area contributed by atoms with Gasteiger partial charge in [0.25, 0.3) is 0 Å². The molecule has 0 bridgehead atoms. The first-order chi connectivity index (χ1) is 15.5. The van der Waals surface area contributed by atoms with Crippen molar-refractivity contribution in [1.29, 1.82) is 0 Å². The third-order valence-electron chi connectivity index (χ3n) is 5.49. The lowest BCUT2D eigenvalue weighted by atomic mass is 9.92. The van der Waals surface area contributed by atoms with E-state index in [1.807, 2.05) is 0 Å². The number of pyridine rings is 1. The van der Waals surface area contributed by atoms with Crippen molar-refractivity contribution in [3.8, 4) is 0 Å². The standard InChI is InChI=1S/C23H24Cl2N4O3/c24-17-9-15(10-18(25)13-17)16(12-22(30)31)11-21-28-20(29-32-21)5-1-4-19-7-6-14-3-2-8-26-23(14)27-19/h6-7,9-10,13,16H,1-5,8,11-12H2,(H,26,27)(H,30,31). The molecule has 0 radical (unpaired) electrons. The van der Waals surface area contributed by atoms with Crippen LogP contribution in [0.3, 0.4) is 0 Å². The fraction of sp³-hybridized carbons (Fsp3) is 0.391. The van der Waals surface area contributed by atoms with Crippen molar-refractivity contribution >= 4 is 35.0 Å². The number of aliphatic carboxylic acids is 1. The van der Waals surface area contributed by atoms with Gasteiger partial charge in [-0.15, -0.1) is 0 Å². The second-order valence-electron chi connectivity index (χ2n) is 8.00. The molecule has 0 aliphatic carbocycles. The average molecular weight is 475 g/mol. The summed E-state index contributed by atoms with van der Waals surface area (Å²) in [5, 5.41) is 17.7. The van der Waals surface area contributed by atoms with E-state index in [9.17, 15) is 9.90 Å². The average Bonchev–Trinajstić information content (AvgIpc) is 3.19. The summed E-state index contributed by atoms with van der Waals surface area (Å²) in [4.78, 5) is 20.5. The Morgan fingerprint density at radius 3 is 2.75 bits per heavy atom. The van der Waals surface area contributed by atoms with Gasteiger partial charge in [-0.1, -0.05) is 34.4 Å². The zero-order chi connectivity index (χ0) is 22.5. The first kappa shape index (κ1) is 22.6. The SMILES string of the molecule is O=C(O)CC(Cc1nc(CCCc2ccc3c(n2)NCCC3)no1)c1cc(Cl)cc(Cl)c1. The van der Waals surface area contributed by atoms with Crippen LogP contribution >= 0.6 is 23.2 Å². The molecule has 9 heteroatoms. The summed E-state index contributed by atoms with van der Waals surface area (Å²) in [6.07, 6.45) is 4.74. The number of aryl methyl sites for hydroxylation is 3. The molecule has 0 amide bonds. The van der Waals surface area contributed by atoms with E-state index in [0.29, 0.717) is 34.6 Å². The third-order valence-corrected chi connectivity index (χ3v) is 5.93. The predicted octanol–water partition coefficient (Wildman–Crippen LogP) is 5.11. The van der Waals surface area contributed by atoms with Gasteiger partial charge in [0, 0.05) is 41.0 Å². The lowest BCUT2D eigenvalue weighted by Gasteiger charge is -2.17. The number of anilines is 1. The van der Waals surface area contributed by atoms with Crippen LogP contribution in [0.4, 0.5) is 5.82 Å². The maximum Gasteiger partial charge on any atom is 0.303 e. The number of rotatable bonds is 9. The molecule has 1 aromatic carbocycles. The van der Waals surface area contributed by atoms with Gasteiger partial charge < -0.3 is 14.9 Å². The quantitative estimate of drug-likeness (QED) is 0.444. The molecule has 2 N–H and O–H groups in total. The molecule has 1 unspecified atom stereocenters. The van der Waals surface area contributed by atoms with Crippen molar-refractivity contribution in [3.63, 3.8) is 0 Å². The van der Waals surface area contributed by atoms with Gasteiger partial charge in [0.05, 0.1) is 6.42 Å². The number of aromatic nitrogens is 3. The molecular formula is C23H24Cl2N4O3. The molecule has 4 rings (SSSR count). The molecule has 2 aromatic heterocycles. The minimum atomic E-state index is -0.919. The number of hydrogen-bond donors (Lipinski definition) is 2. The zero-order valence-electron chi connectivity index (χ0n) is 17.5. The highest BCUT2D eigenvalue weighted by Crippen LogP contribution is 2.29. The lowest BCUT2D eigenvalue weighted by Crippen LogP contribution is -2.14. The van der Waals surface area contributed by atoms with Crippen LogP contribution in [0.25, 0.3) is 0 Å². The molecule has 7 nitrogen and oxygen atoms in total. The normalized spacial score (nSPS) is 13.9. The van der Waals surface area contributed by atoms with Gasteiger partial charge in [-0.05, 0) is 61.1 Å².